The van der Waals surface area contributed by atoms with E-state index in [-0.39, 0.29) is 18.7 Å². The molecule has 3 heterocycles. The summed E-state index contributed by atoms with van der Waals surface area (Å²) in [4.78, 5) is 6.63. The van der Waals surface area contributed by atoms with Crippen molar-refractivity contribution in [1.29, 1.82) is 0 Å². The Morgan fingerprint density at radius 2 is 1.93 bits per heavy atom. The molecule has 1 fully saturated rings. The van der Waals surface area contributed by atoms with Gasteiger partial charge in [-0.25, -0.2) is 0 Å². The lowest BCUT2D eigenvalue weighted by Gasteiger charge is -2.27. The van der Waals surface area contributed by atoms with Crippen molar-refractivity contribution in [3.05, 3.63) is 77.4 Å². The lowest BCUT2D eigenvalue weighted by atomic mass is 9.97. The number of rotatable bonds is 6. The van der Waals surface area contributed by atoms with Crippen LogP contribution in [0.25, 0.3) is 5.69 Å². The average Bonchev–Trinajstić information content (AvgIpc) is 3.24. The van der Waals surface area contributed by atoms with Gasteiger partial charge in [0.05, 0.1) is 31.5 Å². The van der Waals surface area contributed by atoms with Crippen molar-refractivity contribution >= 4 is 17.3 Å². The van der Waals surface area contributed by atoms with Crippen LogP contribution in [0.3, 0.4) is 0 Å². The molecule has 7 heteroatoms. The van der Waals surface area contributed by atoms with E-state index in [0.29, 0.717) is 11.7 Å². The van der Waals surface area contributed by atoms with Gasteiger partial charge in [0.15, 0.2) is 5.11 Å². The van der Waals surface area contributed by atoms with Gasteiger partial charge in [0.25, 0.3) is 0 Å². The van der Waals surface area contributed by atoms with Crippen LogP contribution < -0.4 is 10.1 Å². The molecule has 2 aromatic heterocycles. The molecule has 0 amide bonds. The summed E-state index contributed by atoms with van der Waals surface area (Å²) in [5, 5.41) is 13.7. The van der Waals surface area contributed by atoms with Crippen molar-refractivity contribution in [2.24, 2.45) is 0 Å². The highest BCUT2D eigenvalue weighted by Gasteiger charge is 2.41. The molecule has 1 aliphatic rings. The van der Waals surface area contributed by atoms with Crippen molar-refractivity contribution in [2.75, 3.05) is 20.3 Å². The Morgan fingerprint density at radius 3 is 2.57 bits per heavy atom. The Morgan fingerprint density at radius 1 is 1.17 bits per heavy atom. The minimum Gasteiger partial charge on any atom is -0.497 e. The molecule has 3 aromatic rings. The average molecular weight is 423 g/mol. The molecule has 6 nitrogen and oxygen atoms in total. The minimum absolute atomic E-state index is 0.0322. The van der Waals surface area contributed by atoms with E-state index in [4.69, 9.17) is 17.0 Å². The summed E-state index contributed by atoms with van der Waals surface area (Å²) in [6, 6.07) is 16.0. The fourth-order valence-corrected chi connectivity index (χ4v) is 4.64. The number of hydrogen-bond acceptors (Lipinski definition) is 4. The maximum atomic E-state index is 9.66. The molecule has 0 radical (unpaired) electrons. The van der Waals surface area contributed by atoms with Crippen LogP contribution >= 0.6 is 12.2 Å². The van der Waals surface area contributed by atoms with Crippen LogP contribution in [-0.2, 0) is 0 Å². The molecule has 0 aliphatic carbocycles. The second-order valence-corrected chi connectivity index (χ2v) is 7.79. The summed E-state index contributed by atoms with van der Waals surface area (Å²) in [5.41, 5.74) is 5.44. The Bertz CT molecular complexity index is 1030. The summed E-state index contributed by atoms with van der Waals surface area (Å²) < 4.78 is 7.54. The number of aliphatic hydroxyl groups excluding tert-OH is 1. The second kappa shape index (κ2) is 8.45. The number of nitrogens with zero attached hydrogens (tertiary/aromatic N) is 3. The van der Waals surface area contributed by atoms with Crippen molar-refractivity contribution in [3.63, 3.8) is 0 Å². The Labute approximate surface area is 182 Å². The molecule has 2 N–H and O–H groups in total. The van der Waals surface area contributed by atoms with Gasteiger partial charge in [0.1, 0.15) is 5.75 Å². The largest absolute Gasteiger partial charge is 0.497 e. The third kappa shape index (κ3) is 3.55. The van der Waals surface area contributed by atoms with E-state index in [1.54, 1.807) is 13.3 Å². The second-order valence-electron chi connectivity index (χ2n) is 7.40. The topological polar surface area (TPSA) is 62.5 Å². The molecule has 156 valence electrons. The maximum Gasteiger partial charge on any atom is 0.170 e. The number of thiocarbonyl (C=S) groups is 1. The van der Waals surface area contributed by atoms with Crippen LogP contribution in [0, 0.1) is 13.8 Å². The van der Waals surface area contributed by atoms with Crippen LogP contribution in [0.1, 0.15) is 34.7 Å². The minimum atomic E-state index is -0.0879. The Balaban J connectivity index is 1.80. The highest BCUT2D eigenvalue weighted by molar-refractivity contribution is 7.80. The number of aliphatic hydroxyl groups is 1. The first kappa shape index (κ1) is 20.4. The van der Waals surface area contributed by atoms with Gasteiger partial charge >= 0.3 is 0 Å². The number of nitrogens with one attached hydrogen (secondary N) is 1. The third-order valence-corrected chi connectivity index (χ3v) is 6.01. The molecule has 2 unspecified atom stereocenters. The zero-order valence-electron chi connectivity index (χ0n) is 17.4. The van der Waals surface area contributed by atoms with E-state index in [1.165, 1.54) is 5.56 Å². The van der Waals surface area contributed by atoms with Gasteiger partial charge in [0.2, 0.25) is 0 Å². The van der Waals surface area contributed by atoms with E-state index < -0.39 is 0 Å². The van der Waals surface area contributed by atoms with E-state index in [2.05, 4.69) is 51.8 Å². The van der Waals surface area contributed by atoms with E-state index in [0.717, 1.165) is 28.5 Å². The molecule has 1 saturated heterocycles. The fraction of sp³-hybridized carbons (Fsp3) is 0.304. The monoisotopic (exact) mass is 422 g/mol. The first-order chi connectivity index (χ1) is 14.5. The number of pyridine rings is 1. The van der Waals surface area contributed by atoms with Crippen LogP contribution in [0.5, 0.6) is 5.75 Å². The van der Waals surface area contributed by atoms with E-state index in [9.17, 15) is 5.11 Å². The van der Waals surface area contributed by atoms with Gasteiger partial charge in [-0.3, -0.25) is 4.98 Å². The predicted molar refractivity (Wildman–Crippen MR) is 121 cm³/mol. The molecule has 1 aromatic carbocycles. The third-order valence-electron chi connectivity index (χ3n) is 5.66. The number of methoxy groups -OCH3 is 1. The quantitative estimate of drug-likeness (QED) is 0.593. The van der Waals surface area contributed by atoms with Gasteiger partial charge in [-0.05, 0) is 74.1 Å². The normalized spacial score (nSPS) is 18.5. The zero-order valence-corrected chi connectivity index (χ0v) is 18.2. The summed E-state index contributed by atoms with van der Waals surface area (Å²) >= 11 is 5.62. The fourth-order valence-electron chi connectivity index (χ4n) is 4.31. The molecule has 0 spiro atoms. The van der Waals surface area contributed by atoms with Crippen LogP contribution in [-0.4, -0.2) is 44.9 Å². The van der Waals surface area contributed by atoms with E-state index >= 15 is 0 Å². The van der Waals surface area contributed by atoms with Gasteiger partial charge in [-0.1, -0.05) is 6.07 Å². The molecule has 30 heavy (non-hydrogen) atoms. The van der Waals surface area contributed by atoms with Crippen LogP contribution in [0.2, 0.25) is 0 Å². The highest BCUT2D eigenvalue weighted by atomic mass is 32.1. The first-order valence-electron chi connectivity index (χ1n) is 9.97. The Hall–Kier alpha value is -2.90. The van der Waals surface area contributed by atoms with Gasteiger partial charge in [0, 0.05) is 29.8 Å². The van der Waals surface area contributed by atoms with Gasteiger partial charge in [-0.15, -0.1) is 0 Å². The highest BCUT2D eigenvalue weighted by Crippen LogP contribution is 2.41. The van der Waals surface area contributed by atoms with Crippen LogP contribution in [0.4, 0.5) is 0 Å². The van der Waals surface area contributed by atoms with E-state index in [1.807, 2.05) is 30.3 Å². The molecular weight excluding hydrogens is 396 g/mol. The smallest absolute Gasteiger partial charge is 0.170 e. The maximum absolute atomic E-state index is 9.66. The molecule has 4 rings (SSSR count). The van der Waals surface area contributed by atoms with Gasteiger partial charge in [-0.2, -0.15) is 0 Å². The van der Waals surface area contributed by atoms with Crippen LogP contribution in [0.15, 0.2) is 54.7 Å². The molecule has 2 atom stereocenters. The number of hydrogen-bond donors (Lipinski definition) is 2. The van der Waals surface area contributed by atoms with Crippen molar-refractivity contribution in [3.8, 4) is 11.4 Å². The number of β-amino-alcohol motifs (C(OH)–C–C–N with tert-alkyl or cyclic N) is 1. The molecule has 0 saturated carbocycles. The molecule has 0 bridgehead atoms. The van der Waals surface area contributed by atoms with Gasteiger partial charge < -0.3 is 24.6 Å². The summed E-state index contributed by atoms with van der Waals surface area (Å²) in [6.45, 7) is 4.73. The summed E-state index contributed by atoms with van der Waals surface area (Å²) in [7, 11) is 1.67. The molecule has 1 aliphatic heterocycles. The lowest BCUT2D eigenvalue weighted by molar-refractivity contribution is 0.223. The number of aryl methyl sites for hydroxylation is 1. The summed E-state index contributed by atoms with van der Waals surface area (Å²) in [6.07, 6.45) is 1.80. The van der Waals surface area contributed by atoms with Crippen molar-refractivity contribution < 1.29 is 9.84 Å². The predicted octanol–water partition coefficient (Wildman–Crippen LogP) is 3.46. The lowest BCUT2D eigenvalue weighted by Crippen LogP contribution is -2.32. The zero-order chi connectivity index (χ0) is 21.3. The Kier molecular flexibility index (Phi) is 5.74. The number of benzene rings is 1. The van der Waals surface area contributed by atoms with Crippen molar-refractivity contribution in [2.45, 2.75) is 25.9 Å². The number of aromatic nitrogens is 2. The van der Waals surface area contributed by atoms with Crippen molar-refractivity contribution in [1.82, 2.24) is 19.8 Å². The number of ether oxygens (including phenoxy) is 1. The first-order valence-corrected chi connectivity index (χ1v) is 10.4. The standard InChI is InChI=1S/C23H26N4O2S/c1-15-14-19(16(2)27(15)17-7-9-18(29-3)10-8-17)22-21(20-6-4-5-11-24-20)25-23(30)26(22)12-13-28/h4-11,14,21-22,28H,12-13H2,1-3H3,(H,25,30). The molecular formula is C23H26N4O2S. The summed E-state index contributed by atoms with van der Waals surface area (Å²) in [5.74, 6) is 0.830. The SMILES string of the molecule is COc1ccc(-n2c(C)cc(C3C(c4ccccn4)NC(=S)N3CCO)c2C)cc1.